The number of carbonyl (C=O) groups excluding carboxylic acids is 1. The predicted molar refractivity (Wildman–Crippen MR) is 139 cm³/mol. The molecule has 0 aliphatic carbocycles. The van der Waals surface area contributed by atoms with Gasteiger partial charge in [0.05, 0.1) is 4.90 Å². The first-order chi connectivity index (χ1) is 16.5. The highest BCUT2D eigenvalue weighted by Gasteiger charge is 2.27. The fourth-order valence-corrected chi connectivity index (χ4v) is 5.56. The summed E-state index contributed by atoms with van der Waals surface area (Å²) < 4.78 is 42.0. The van der Waals surface area contributed by atoms with Gasteiger partial charge in [-0.25, -0.2) is 12.8 Å². The highest BCUT2D eigenvalue weighted by Crippen LogP contribution is 2.28. The number of anilines is 2. The van der Waals surface area contributed by atoms with Gasteiger partial charge in [0.15, 0.2) is 0 Å². The maximum Gasteiger partial charge on any atom is 0.255 e. The molecule has 0 saturated carbocycles. The first kappa shape index (κ1) is 26.7. The molecule has 0 bridgehead atoms. The molecule has 186 valence electrons. The summed E-state index contributed by atoms with van der Waals surface area (Å²) in [7, 11) is -0.115. The molecule has 6 nitrogen and oxygen atoms in total. The van der Waals surface area contributed by atoms with Crippen LogP contribution in [0.25, 0.3) is 0 Å². The predicted octanol–water partition coefficient (Wildman–Crippen LogP) is 5.64. The van der Waals surface area contributed by atoms with Gasteiger partial charge in [-0.3, -0.25) is 4.79 Å². The van der Waals surface area contributed by atoms with Gasteiger partial charge in [0.25, 0.3) is 5.91 Å². The second-order valence-electron chi connectivity index (χ2n) is 8.85. The number of hydrogen-bond donors (Lipinski definition) is 1. The van der Waals surface area contributed by atoms with Crippen molar-refractivity contribution in [2.45, 2.75) is 25.3 Å². The van der Waals surface area contributed by atoms with Crippen molar-refractivity contribution in [2.24, 2.45) is 5.92 Å². The molecule has 3 rings (SSSR count). The third kappa shape index (κ3) is 6.81. The summed E-state index contributed by atoms with van der Waals surface area (Å²) in [4.78, 5) is 14.6. The van der Waals surface area contributed by atoms with E-state index in [9.17, 15) is 17.6 Å². The van der Waals surface area contributed by atoms with Crippen molar-refractivity contribution in [1.29, 1.82) is 0 Å². The molecule has 0 fully saturated rings. The zero-order valence-electron chi connectivity index (χ0n) is 20.1. The Hall–Kier alpha value is -2.94. The number of nitrogens with zero attached hydrogens (tertiary/aromatic N) is 2. The van der Waals surface area contributed by atoms with E-state index < -0.39 is 21.7 Å². The molecule has 0 spiro atoms. The summed E-state index contributed by atoms with van der Waals surface area (Å²) in [6, 6.07) is 16.9. The minimum Gasteiger partial charge on any atom is -0.377 e. The summed E-state index contributed by atoms with van der Waals surface area (Å²) in [5.41, 5.74) is 2.18. The van der Waals surface area contributed by atoms with Crippen LogP contribution in [0.4, 0.5) is 15.8 Å². The lowest BCUT2D eigenvalue weighted by Crippen LogP contribution is -2.34. The average Bonchev–Trinajstić information content (AvgIpc) is 2.78. The van der Waals surface area contributed by atoms with Crippen molar-refractivity contribution in [3.05, 3.63) is 88.7 Å². The molecule has 0 atom stereocenters. The summed E-state index contributed by atoms with van der Waals surface area (Å²) in [5.74, 6) is -0.891. The van der Waals surface area contributed by atoms with E-state index in [1.165, 1.54) is 34.6 Å². The zero-order chi connectivity index (χ0) is 25.8. The van der Waals surface area contributed by atoms with E-state index in [1.807, 2.05) is 38.9 Å². The molecule has 0 aliphatic heterocycles. The number of hydrogen-bond acceptors (Lipinski definition) is 4. The van der Waals surface area contributed by atoms with Gasteiger partial charge in [0, 0.05) is 49.1 Å². The number of halogens is 2. The van der Waals surface area contributed by atoms with Gasteiger partial charge in [-0.15, -0.1) is 0 Å². The number of rotatable bonds is 9. The largest absolute Gasteiger partial charge is 0.377 e. The van der Waals surface area contributed by atoms with Gasteiger partial charge in [-0.2, -0.15) is 4.31 Å². The van der Waals surface area contributed by atoms with Crippen LogP contribution in [0.3, 0.4) is 0 Å². The summed E-state index contributed by atoms with van der Waals surface area (Å²) in [6.07, 6.45) is 0. The van der Waals surface area contributed by atoms with Crippen LogP contribution in [0.2, 0.25) is 5.02 Å². The number of nitrogens with one attached hydrogen (secondary N) is 1. The molecule has 0 heterocycles. The lowest BCUT2D eigenvalue weighted by molar-refractivity contribution is 0.102. The summed E-state index contributed by atoms with van der Waals surface area (Å²) in [5, 5.41) is 3.11. The monoisotopic (exact) mass is 517 g/mol. The summed E-state index contributed by atoms with van der Waals surface area (Å²) >= 11 is 6.06. The van der Waals surface area contributed by atoms with Crippen LogP contribution >= 0.6 is 11.6 Å². The molecule has 1 N–H and O–H groups in total. The van der Waals surface area contributed by atoms with Gasteiger partial charge in [0.1, 0.15) is 5.82 Å². The minimum atomic E-state index is -3.84. The topological polar surface area (TPSA) is 69.7 Å². The van der Waals surface area contributed by atoms with Gasteiger partial charge in [-0.05, 0) is 66.1 Å². The fraction of sp³-hybridized carbons (Fsp3) is 0.269. The Morgan fingerprint density at radius 1 is 1.03 bits per heavy atom. The third-order valence-corrected chi connectivity index (χ3v) is 7.30. The number of amides is 1. The highest BCUT2D eigenvalue weighted by atomic mass is 35.5. The van der Waals surface area contributed by atoms with E-state index in [1.54, 1.807) is 24.3 Å². The standard InChI is InChI=1S/C26H29ClFN3O3S/c1-18(2)16-31(35(33,34)24-10-6-8-21(27)15-24)17-20-14-23(11-12-25(20)30(3)4)29-26(32)19-7-5-9-22(28)13-19/h5-15,18H,16-17H2,1-4H3,(H,29,32). The Kier molecular flexibility index (Phi) is 8.53. The van der Waals surface area contributed by atoms with Crippen molar-refractivity contribution < 1.29 is 17.6 Å². The normalized spacial score (nSPS) is 11.7. The molecule has 0 radical (unpaired) electrons. The smallest absolute Gasteiger partial charge is 0.255 e. The van der Waals surface area contributed by atoms with Crippen molar-refractivity contribution in [3.8, 4) is 0 Å². The highest BCUT2D eigenvalue weighted by molar-refractivity contribution is 7.89. The number of sulfonamides is 1. The Labute approximate surface area is 211 Å². The number of carbonyl (C=O) groups is 1. The van der Waals surface area contributed by atoms with E-state index >= 15 is 0 Å². The quantitative estimate of drug-likeness (QED) is 0.398. The van der Waals surface area contributed by atoms with Crippen LogP contribution in [0, 0.1) is 11.7 Å². The first-order valence-corrected chi connectivity index (χ1v) is 12.9. The van der Waals surface area contributed by atoms with Crippen LogP contribution in [0.5, 0.6) is 0 Å². The maximum atomic E-state index is 13.5. The molecule has 3 aromatic rings. The molecule has 0 aromatic heterocycles. The average molecular weight is 518 g/mol. The molecular formula is C26H29ClFN3O3S. The van der Waals surface area contributed by atoms with E-state index in [0.29, 0.717) is 22.8 Å². The molecule has 9 heteroatoms. The molecule has 0 unspecified atom stereocenters. The van der Waals surface area contributed by atoms with Gasteiger partial charge < -0.3 is 10.2 Å². The summed E-state index contributed by atoms with van der Waals surface area (Å²) in [6.45, 7) is 4.28. The molecule has 0 saturated heterocycles. The first-order valence-electron chi connectivity index (χ1n) is 11.1. The van der Waals surface area contributed by atoms with E-state index in [0.717, 1.165) is 11.8 Å². The van der Waals surface area contributed by atoms with E-state index in [4.69, 9.17) is 11.6 Å². The van der Waals surface area contributed by atoms with Gasteiger partial charge in [-0.1, -0.05) is 37.6 Å². The molecular weight excluding hydrogens is 489 g/mol. The van der Waals surface area contributed by atoms with Crippen LogP contribution in [-0.4, -0.2) is 39.3 Å². The molecule has 1 amide bonds. The fourth-order valence-electron chi connectivity index (χ4n) is 3.68. The van der Waals surface area contributed by atoms with E-state index in [-0.39, 0.29) is 22.9 Å². The zero-order valence-corrected chi connectivity index (χ0v) is 21.7. The van der Waals surface area contributed by atoms with Crippen molar-refractivity contribution >= 4 is 38.9 Å². The lowest BCUT2D eigenvalue weighted by Gasteiger charge is -2.27. The van der Waals surface area contributed by atoms with Crippen LogP contribution in [0.15, 0.2) is 71.6 Å². The van der Waals surface area contributed by atoms with Crippen LogP contribution in [-0.2, 0) is 16.6 Å². The SMILES string of the molecule is CC(C)CN(Cc1cc(NC(=O)c2cccc(F)c2)ccc1N(C)C)S(=O)(=O)c1cccc(Cl)c1. The Balaban J connectivity index is 1.97. The maximum absolute atomic E-state index is 13.5. The van der Waals surface area contributed by atoms with Gasteiger partial charge >= 0.3 is 0 Å². The second kappa shape index (κ2) is 11.2. The number of benzene rings is 3. The Bertz CT molecular complexity index is 1310. The molecule has 3 aromatic carbocycles. The third-order valence-electron chi connectivity index (χ3n) is 5.26. The lowest BCUT2D eigenvalue weighted by atomic mass is 10.1. The van der Waals surface area contributed by atoms with Gasteiger partial charge in [0.2, 0.25) is 10.0 Å². The molecule has 0 aliphatic rings. The van der Waals surface area contributed by atoms with Crippen molar-refractivity contribution in [1.82, 2.24) is 4.31 Å². The van der Waals surface area contributed by atoms with Crippen molar-refractivity contribution in [2.75, 3.05) is 30.9 Å². The van der Waals surface area contributed by atoms with E-state index in [2.05, 4.69) is 5.32 Å². The Morgan fingerprint density at radius 2 is 1.74 bits per heavy atom. The van der Waals surface area contributed by atoms with Crippen LogP contribution in [0.1, 0.15) is 29.8 Å². The van der Waals surface area contributed by atoms with Crippen molar-refractivity contribution in [3.63, 3.8) is 0 Å². The molecule has 35 heavy (non-hydrogen) atoms. The minimum absolute atomic E-state index is 0.0719. The van der Waals surface area contributed by atoms with Crippen LogP contribution < -0.4 is 10.2 Å². The Morgan fingerprint density at radius 3 is 2.37 bits per heavy atom. The second-order valence-corrected chi connectivity index (χ2v) is 11.2.